The summed E-state index contributed by atoms with van der Waals surface area (Å²) in [5, 5.41) is 8.85. The first-order valence-electron chi connectivity index (χ1n) is 5.61. The van der Waals surface area contributed by atoms with Gasteiger partial charge in [-0.15, -0.1) is 0 Å². The molecule has 1 aliphatic rings. The van der Waals surface area contributed by atoms with Gasteiger partial charge in [-0.1, -0.05) is 19.1 Å². The molecule has 1 heterocycles. The van der Waals surface area contributed by atoms with Gasteiger partial charge in [0.25, 0.3) is 0 Å². The second kappa shape index (κ2) is 4.24. The third-order valence-electron chi connectivity index (χ3n) is 3.05. The van der Waals surface area contributed by atoms with Crippen LogP contribution in [0.2, 0.25) is 0 Å². The lowest BCUT2D eigenvalue weighted by molar-refractivity contribution is -0.141. The van der Waals surface area contributed by atoms with Crippen molar-refractivity contribution in [3.05, 3.63) is 34.2 Å². The van der Waals surface area contributed by atoms with Gasteiger partial charge in [-0.25, -0.2) is 8.42 Å². The predicted molar refractivity (Wildman–Crippen MR) is 67.8 cm³/mol. The quantitative estimate of drug-likeness (QED) is 0.910. The fraction of sp³-hybridized carbons (Fsp3) is 0.308. The molecule has 2 rings (SSSR count). The van der Waals surface area contributed by atoms with Crippen molar-refractivity contribution in [1.29, 1.82) is 0 Å². The molecule has 96 valence electrons. The van der Waals surface area contributed by atoms with Crippen LogP contribution < -0.4 is 0 Å². The van der Waals surface area contributed by atoms with Gasteiger partial charge >= 0.3 is 5.97 Å². The normalized spacial score (nSPS) is 18.0. The Hall–Kier alpha value is -1.62. The van der Waals surface area contributed by atoms with Gasteiger partial charge in [-0.05, 0) is 36.6 Å². The molecule has 5 heteroatoms. The zero-order valence-electron chi connectivity index (χ0n) is 10.2. The smallest absolute Gasteiger partial charge is 0.306 e. The molecule has 1 aliphatic heterocycles. The van der Waals surface area contributed by atoms with Gasteiger partial charge in [-0.2, -0.15) is 0 Å². The van der Waals surface area contributed by atoms with Gasteiger partial charge in [0.15, 0.2) is 0 Å². The number of hydrogen-bond acceptors (Lipinski definition) is 3. The Balaban J connectivity index is 2.41. The SMILES string of the molecule is Cc1ccc2c(c1)S(=O)(=O)C(CC(C)C(=O)O)=C2. The van der Waals surface area contributed by atoms with E-state index in [1.54, 1.807) is 18.2 Å². The molecule has 0 saturated heterocycles. The third kappa shape index (κ3) is 2.06. The summed E-state index contributed by atoms with van der Waals surface area (Å²) >= 11 is 0. The van der Waals surface area contributed by atoms with Crippen molar-refractivity contribution in [3.63, 3.8) is 0 Å². The van der Waals surface area contributed by atoms with Crippen molar-refractivity contribution < 1.29 is 18.3 Å². The molecule has 0 aromatic heterocycles. The fourth-order valence-electron chi connectivity index (χ4n) is 1.94. The molecule has 0 saturated carbocycles. The summed E-state index contributed by atoms with van der Waals surface area (Å²) in [5.41, 5.74) is 1.52. The molecule has 4 nitrogen and oxygen atoms in total. The standard InChI is InChI=1S/C13H14O4S/c1-8-3-4-10-7-11(6-9(2)13(14)15)18(16,17)12(10)5-8/h3-5,7,9H,6H2,1-2H3,(H,14,15). The van der Waals surface area contributed by atoms with Crippen LogP contribution in [0.3, 0.4) is 0 Å². The number of aliphatic carboxylic acids is 1. The summed E-state index contributed by atoms with van der Waals surface area (Å²) in [6.45, 7) is 3.33. The van der Waals surface area contributed by atoms with E-state index in [-0.39, 0.29) is 16.2 Å². The maximum atomic E-state index is 12.2. The van der Waals surface area contributed by atoms with Crippen molar-refractivity contribution in [2.45, 2.75) is 25.2 Å². The van der Waals surface area contributed by atoms with Gasteiger partial charge in [0.05, 0.1) is 15.7 Å². The average molecular weight is 266 g/mol. The van der Waals surface area contributed by atoms with Gasteiger partial charge in [0.2, 0.25) is 9.84 Å². The predicted octanol–water partition coefficient (Wildman–Crippen LogP) is 2.23. The van der Waals surface area contributed by atoms with Crippen LogP contribution in [0.15, 0.2) is 28.0 Å². The minimum Gasteiger partial charge on any atom is -0.481 e. The molecular weight excluding hydrogens is 252 g/mol. The number of aryl methyl sites for hydroxylation is 1. The van der Waals surface area contributed by atoms with E-state index in [9.17, 15) is 13.2 Å². The van der Waals surface area contributed by atoms with E-state index in [1.165, 1.54) is 6.92 Å². The second-order valence-electron chi connectivity index (χ2n) is 4.60. The van der Waals surface area contributed by atoms with E-state index in [0.717, 1.165) is 5.56 Å². The minimum atomic E-state index is -3.50. The molecule has 1 aromatic carbocycles. The lowest BCUT2D eigenvalue weighted by Gasteiger charge is -2.07. The zero-order chi connectivity index (χ0) is 13.5. The zero-order valence-corrected chi connectivity index (χ0v) is 11.0. The highest BCUT2D eigenvalue weighted by molar-refractivity contribution is 7.95. The van der Waals surface area contributed by atoms with Crippen LogP contribution in [0.5, 0.6) is 0 Å². The van der Waals surface area contributed by atoms with Crippen LogP contribution >= 0.6 is 0 Å². The van der Waals surface area contributed by atoms with Crippen molar-refractivity contribution in [2.75, 3.05) is 0 Å². The molecule has 0 spiro atoms. The van der Waals surface area contributed by atoms with Crippen molar-refractivity contribution in [2.24, 2.45) is 5.92 Å². The largest absolute Gasteiger partial charge is 0.481 e. The highest BCUT2D eigenvalue weighted by Gasteiger charge is 2.31. The molecule has 18 heavy (non-hydrogen) atoms. The Bertz CT molecular complexity index is 641. The van der Waals surface area contributed by atoms with Crippen LogP contribution in [0.4, 0.5) is 0 Å². The van der Waals surface area contributed by atoms with Gasteiger partial charge < -0.3 is 5.11 Å². The number of hydrogen-bond donors (Lipinski definition) is 1. The Kier molecular flexibility index (Phi) is 3.02. The maximum Gasteiger partial charge on any atom is 0.306 e. The monoisotopic (exact) mass is 266 g/mol. The van der Waals surface area contributed by atoms with E-state index < -0.39 is 21.7 Å². The third-order valence-corrected chi connectivity index (χ3v) is 4.96. The van der Waals surface area contributed by atoms with Crippen LogP contribution in [0.25, 0.3) is 6.08 Å². The first-order valence-corrected chi connectivity index (χ1v) is 7.10. The van der Waals surface area contributed by atoms with Gasteiger partial charge in [0, 0.05) is 0 Å². The van der Waals surface area contributed by atoms with Crippen LogP contribution in [0.1, 0.15) is 24.5 Å². The number of rotatable bonds is 3. The van der Waals surface area contributed by atoms with E-state index >= 15 is 0 Å². The number of carboxylic acids is 1. The summed E-state index contributed by atoms with van der Waals surface area (Å²) in [5.74, 6) is -1.69. The highest BCUT2D eigenvalue weighted by Crippen LogP contribution is 2.36. The van der Waals surface area contributed by atoms with Crippen molar-refractivity contribution in [1.82, 2.24) is 0 Å². The topological polar surface area (TPSA) is 71.4 Å². The minimum absolute atomic E-state index is 0.0331. The average Bonchev–Trinajstić information content (AvgIpc) is 2.52. The number of benzene rings is 1. The molecule has 1 aromatic rings. The summed E-state index contributed by atoms with van der Waals surface area (Å²) in [7, 11) is -3.50. The number of allylic oxidation sites excluding steroid dienone is 1. The lowest BCUT2D eigenvalue weighted by atomic mass is 10.1. The fourth-order valence-corrected chi connectivity index (χ4v) is 3.76. The summed E-state index contributed by atoms with van der Waals surface area (Å²) in [6.07, 6.45) is 1.61. The van der Waals surface area contributed by atoms with Crippen LogP contribution in [0, 0.1) is 12.8 Å². The number of fused-ring (bicyclic) bond motifs is 1. The van der Waals surface area contributed by atoms with Gasteiger partial charge in [0.1, 0.15) is 0 Å². The van der Waals surface area contributed by atoms with E-state index in [2.05, 4.69) is 0 Å². The molecule has 1 unspecified atom stereocenters. The molecule has 0 amide bonds. The first kappa shape index (κ1) is 12.8. The molecular formula is C13H14O4S. The van der Waals surface area contributed by atoms with E-state index in [4.69, 9.17) is 5.11 Å². The number of sulfone groups is 1. The molecule has 0 bridgehead atoms. The molecule has 0 fully saturated rings. The van der Waals surface area contributed by atoms with Gasteiger partial charge in [-0.3, -0.25) is 4.79 Å². The number of carbonyl (C=O) groups is 1. The van der Waals surface area contributed by atoms with E-state index in [1.807, 2.05) is 13.0 Å². The molecule has 1 atom stereocenters. The number of carboxylic acid groups (broad SMARTS) is 1. The summed E-state index contributed by atoms with van der Waals surface area (Å²) in [6, 6.07) is 5.22. The Morgan fingerprint density at radius 2 is 2.06 bits per heavy atom. The van der Waals surface area contributed by atoms with Crippen molar-refractivity contribution in [3.8, 4) is 0 Å². The molecule has 0 radical (unpaired) electrons. The van der Waals surface area contributed by atoms with Crippen molar-refractivity contribution >= 4 is 21.9 Å². The van der Waals surface area contributed by atoms with Crippen LogP contribution in [-0.4, -0.2) is 19.5 Å². The first-order chi connectivity index (χ1) is 8.32. The van der Waals surface area contributed by atoms with Crippen LogP contribution in [-0.2, 0) is 14.6 Å². The molecule has 0 aliphatic carbocycles. The lowest BCUT2D eigenvalue weighted by Crippen LogP contribution is -2.12. The summed E-state index contributed by atoms with van der Waals surface area (Å²) in [4.78, 5) is 11.3. The highest BCUT2D eigenvalue weighted by atomic mass is 32.2. The van der Waals surface area contributed by atoms with E-state index in [0.29, 0.717) is 5.56 Å². The Morgan fingerprint density at radius 3 is 2.67 bits per heavy atom. The second-order valence-corrected chi connectivity index (χ2v) is 6.57. The maximum absolute atomic E-state index is 12.2. The summed E-state index contributed by atoms with van der Waals surface area (Å²) < 4.78 is 24.5. The Labute approximate surface area is 106 Å². The molecule has 1 N–H and O–H groups in total. The Morgan fingerprint density at radius 1 is 1.39 bits per heavy atom.